The van der Waals surface area contributed by atoms with E-state index in [0.29, 0.717) is 11.4 Å². The Morgan fingerprint density at radius 3 is 2.73 bits per heavy atom. The minimum Gasteiger partial charge on any atom is -0.453 e. The zero-order valence-electron chi connectivity index (χ0n) is 12.2. The molecule has 0 saturated carbocycles. The van der Waals surface area contributed by atoms with E-state index in [9.17, 15) is 4.79 Å². The Morgan fingerprint density at radius 2 is 2.05 bits per heavy atom. The second-order valence-corrected chi connectivity index (χ2v) is 5.78. The van der Waals surface area contributed by atoms with Crippen LogP contribution in [0.4, 0.5) is 0 Å². The van der Waals surface area contributed by atoms with Crippen LogP contribution >= 0.6 is 11.3 Å². The van der Waals surface area contributed by atoms with Gasteiger partial charge in [0, 0.05) is 17.0 Å². The third kappa shape index (κ3) is 3.23. The summed E-state index contributed by atoms with van der Waals surface area (Å²) < 4.78 is 10.0. The second-order valence-electron chi connectivity index (χ2n) is 4.92. The monoisotopic (exact) mass is 314 g/mol. The Hall–Kier alpha value is -2.47. The zero-order valence-corrected chi connectivity index (χ0v) is 13.0. The maximum Gasteiger partial charge on any atom is 0.377 e. The van der Waals surface area contributed by atoms with Gasteiger partial charge in [0.05, 0.1) is 11.4 Å². The number of ether oxygens (including phenoxy) is 1. The fourth-order valence-corrected chi connectivity index (χ4v) is 2.68. The van der Waals surface area contributed by atoms with Gasteiger partial charge in [-0.15, -0.1) is 11.3 Å². The van der Waals surface area contributed by atoms with Gasteiger partial charge in [-0.05, 0) is 13.8 Å². The maximum absolute atomic E-state index is 11.8. The van der Waals surface area contributed by atoms with Crippen molar-refractivity contribution in [1.82, 2.24) is 10.1 Å². The molecule has 0 bridgehead atoms. The molecular formula is C16H14N2O3S. The van der Waals surface area contributed by atoms with Gasteiger partial charge >= 0.3 is 5.97 Å². The van der Waals surface area contributed by atoms with Crippen LogP contribution in [0.1, 0.15) is 27.5 Å². The normalized spacial score (nSPS) is 10.6. The molecule has 3 rings (SSSR count). The van der Waals surface area contributed by atoms with E-state index >= 15 is 0 Å². The number of nitrogens with zero attached hydrogens (tertiary/aromatic N) is 2. The highest BCUT2D eigenvalue weighted by atomic mass is 32.1. The number of thiazole rings is 1. The molecule has 0 aliphatic rings. The number of hydrogen-bond donors (Lipinski definition) is 0. The first kappa shape index (κ1) is 14.5. The molecule has 112 valence electrons. The van der Waals surface area contributed by atoms with Crippen LogP contribution < -0.4 is 0 Å². The molecule has 0 aliphatic carbocycles. The van der Waals surface area contributed by atoms with Crippen molar-refractivity contribution in [1.29, 1.82) is 0 Å². The molecule has 0 fully saturated rings. The number of carbonyl (C=O) groups is 1. The first-order valence-electron chi connectivity index (χ1n) is 6.74. The highest BCUT2D eigenvalue weighted by molar-refractivity contribution is 7.13. The quantitative estimate of drug-likeness (QED) is 0.686. The van der Waals surface area contributed by atoms with Crippen LogP contribution in [0.5, 0.6) is 0 Å². The SMILES string of the molecule is Cc1ccc(-c2nc(COC(=O)c3cc(C)no3)cs2)cc1. The molecule has 22 heavy (non-hydrogen) atoms. The highest BCUT2D eigenvalue weighted by Gasteiger charge is 2.14. The second kappa shape index (κ2) is 6.11. The molecule has 2 heterocycles. The lowest BCUT2D eigenvalue weighted by Crippen LogP contribution is -2.04. The van der Waals surface area contributed by atoms with Crippen LogP contribution in [0.3, 0.4) is 0 Å². The first-order chi connectivity index (χ1) is 10.6. The Kier molecular flexibility index (Phi) is 4.02. The molecule has 6 heteroatoms. The van der Waals surface area contributed by atoms with E-state index in [2.05, 4.69) is 10.1 Å². The summed E-state index contributed by atoms with van der Waals surface area (Å²) in [6.07, 6.45) is 0. The average molecular weight is 314 g/mol. The fraction of sp³-hybridized carbons (Fsp3) is 0.188. The van der Waals surface area contributed by atoms with E-state index in [1.165, 1.54) is 16.9 Å². The number of esters is 1. The maximum atomic E-state index is 11.8. The topological polar surface area (TPSA) is 65.2 Å². The number of carbonyl (C=O) groups excluding carboxylic acids is 1. The summed E-state index contributed by atoms with van der Waals surface area (Å²) in [5.74, 6) is -0.433. The fourth-order valence-electron chi connectivity index (χ4n) is 1.87. The molecule has 5 nitrogen and oxygen atoms in total. The van der Waals surface area contributed by atoms with E-state index in [-0.39, 0.29) is 12.4 Å². The largest absolute Gasteiger partial charge is 0.453 e. The van der Waals surface area contributed by atoms with Gasteiger partial charge in [-0.3, -0.25) is 0 Å². The van der Waals surface area contributed by atoms with E-state index in [0.717, 1.165) is 10.6 Å². The molecule has 0 atom stereocenters. The van der Waals surface area contributed by atoms with Crippen LogP contribution in [0.25, 0.3) is 10.6 Å². The zero-order chi connectivity index (χ0) is 15.5. The predicted molar refractivity (Wildman–Crippen MR) is 82.6 cm³/mol. The van der Waals surface area contributed by atoms with Crippen molar-refractivity contribution in [2.45, 2.75) is 20.5 Å². The molecule has 2 aromatic heterocycles. The van der Waals surface area contributed by atoms with Gasteiger partial charge in [-0.1, -0.05) is 35.0 Å². The molecule has 0 amide bonds. The van der Waals surface area contributed by atoms with Gasteiger partial charge in [-0.2, -0.15) is 0 Å². The van der Waals surface area contributed by atoms with Crippen molar-refractivity contribution in [3.05, 3.63) is 58.4 Å². The highest BCUT2D eigenvalue weighted by Crippen LogP contribution is 2.24. The number of rotatable bonds is 4. The molecule has 1 aromatic carbocycles. The Morgan fingerprint density at radius 1 is 1.27 bits per heavy atom. The molecule has 0 N–H and O–H groups in total. The smallest absolute Gasteiger partial charge is 0.377 e. The number of hydrogen-bond acceptors (Lipinski definition) is 6. The number of aromatic nitrogens is 2. The third-order valence-electron chi connectivity index (χ3n) is 3.03. The minimum absolute atomic E-state index is 0.103. The van der Waals surface area contributed by atoms with Gasteiger partial charge < -0.3 is 9.26 Å². The van der Waals surface area contributed by atoms with Crippen molar-refractivity contribution in [3.63, 3.8) is 0 Å². The lowest BCUT2D eigenvalue weighted by atomic mass is 10.2. The summed E-state index contributed by atoms with van der Waals surface area (Å²) in [5.41, 5.74) is 3.61. The van der Waals surface area contributed by atoms with E-state index in [1.54, 1.807) is 13.0 Å². The van der Waals surface area contributed by atoms with Crippen molar-refractivity contribution < 1.29 is 14.1 Å². The third-order valence-corrected chi connectivity index (χ3v) is 3.97. The standard InChI is InChI=1S/C16H14N2O3S/c1-10-3-5-12(6-4-10)15-17-13(9-22-15)8-20-16(19)14-7-11(2)18-21-14/h3-7,9H,8H2,1-2H3. The van der Waals surface area contributed by atoms with Crippen LogP contribution in [-0.4, -0.2) is 16.1 Å². The lowest BCUT2D eigenvalue weighted by molar-refractivity contribution is 0.0421. The van der Waals surface area contributed by atoms with Gasteiger partial charge in [0.2, 0.25) is 5.76 Å². The predicted octanol–water partition coefficient (Wildman–Crippen LogP) is 3.77. The summed E-state index contributed by atoms with van der Waals surface area (Å²) in [4.78, 5) is 16.2. The summed E-state index contributed by atoms with van der Waals surface area (Å²) in [6.45, 7) is 3.90. The van der Waals surface area contributed by atoms with Gasteiger partial charge in [-0.25, -0.2) is 9.78 Å². The summed E-state index contributed by atoms with van der Waals surface area (Å²) >= 11 is 1.52. The summed E-state index contributed by atoms with van der Waals surface area (Å²) in [5, 5.41) is 6.44. The van der Waals surface area contributed by atoms with Gasteiger partial charge in [0.25, 0.3) is 0 Å². The Bertz CT molecular complexity index is 790. The summed E-state index contributed by atoms with van der Waals surface area (Å²) in [6, 6.07) is 9.69. The molecular weight excluding hydrogens is 300 g/mol. The molecule has 0 spiro atoms. The Balaban J connectivity index is 1.64. The van der Waals surface area contributed by atoms with E-state index in [4.69, 9.17) is 9.26 Å². The van der Waals surface area contributed by atoms with Crippen LogP contribution in [0.15, 0.2) is 40.2 Å². The van der Waals surface area contributed by atoms with Crippen molar-refractivity contribution in [3.8, 4) is 10.6 Å². The van der Waals surface area contributed by atoms with Crippen molar-refractivity contribution in [2.24, 2.45) is 0 Å². The van der Waals surface area contributed by atoms with E-state index < -0.39 is 5.97 Å². The molecule has 0 unspecified atom stereocenters. The first-order valence-corrected chi connectivity index (χ1v) is 7.61. The molecule has 0 radical (unpaired) electrons. The van der Waals surface area contributed by atoms with Crippen molar-refractivity contribution in [2.75, 3.05) is 0 Å². The van der Waals surface area contributed by atoms with Crippen molar-refractivity contribution >= 4 is 17.3 Å². The number of benzene rings is 1. The average Bonchev–Trinajstić information content (AvgIpc) is 3.15. The van der Waals surface area contributed by atoms with Crippen LogP contribution in [0, 0.1) is 13.8 Å². The minimum atomic E-state index is -0.537. The number of aryl methyl sites for hydroxylation is 2. The van der Waals surface area contributed by atoms with E-state index in [1.807, 2.05) is 36.6 Å². The molecule has 0 aliphatic heterocycles. The summed E-state index contributed by atoms with van der Waals surface area (Å²) in [7, 11) is 0. The Labute approximate surface area is 131 Å². The molecule has 3 aromatic rings. The van der Waals surface area contributed by atoms with Crippen LogP contribution in [-0.2, 0) is 11.3 Å². The molecule has 0 saturated heterocycles. The van der Waals surface area contributed by atoms with Gasteiger partial charge in [0.1, 0.15) is 11.6 Å². The van der Waals surface area contributed by atoms with Crippen LogP contribution in [0.2, 0.25) is 0 Å². The lowest BCUT2D eigenvalue weighted by Gasteiger charge is -1.99. The van der Waals surface area contributed by atoms with Gasteiger partial charge in [0.15, 0.2) is 0 Å².